The molecule has 2 aliphatic rings. The van der Waals surface area contributed by atoms with Crippen molar-refractivity contribution in [1.29, 1.82) is 0 Å². The number of benzene rings is 2. The standard InChI is InChI=1S/C21H24N2O4S/c1-2-19-21(24)23(13-15-8-9-15)14-16-12-17(10-11-20(16)27-19)22-28(25,26)18-6-4-3-5-7-18/h3-7,10-12,15,19,22H,2,8-9,13-14H2,1H3. The maximum absolute atomic E-state index is 12.8. The molecule has 6 nitrogen and oxygen atoms in total. The Morgan fingerprint density at radius 3 is 2.57 bits per heavy atom. The molecule has 0 aromatic heterocycles. The number of carbonyl (C=O) groups is 1. The Morgan fingerprint density at radius 1 is 1.14 bits per heavy atom. The molecule has 2 aromatic rings. The quantitative estimate of drug-likeness (QED) is 0.806. The normalized spacial score (nSPS) is 19.5. The lowest BCUT2D eigenvalue weighted by Gasteiger charge is -2.23. The zero-order valence-corrected chi connectivity index (χ0v) is 16.6. The molecule has 2 aromatic carbocycles. The van der Waals surface area contributed by atoms with Crippen molar-refractivity contribution in [1.82, 2.24) is 4.90 Å². The highest BCUT2D eigenvalue weighted by Crippen LogP contribution is 2.34. The van der Waals surface area contributed by atoms with Crippen LogP contribution in [0.5, 0.6) is 5.75 Å². The smallest absolute Gasteiger partial charge is 0.263 e. The van der Waals surface area contributed by atoms with Gasteiger partial charge < -0.3 is 9.64 Å². The molecular weight excluding hydrogens is 376 g/mol. The maximum Gasteiger partial charge on any atom is 0.263 e. The second kappa shape index (κ2) is 7.47. The van der Waals surface area contributed by atoms with E-state index in [2.05, 4.69) is 4.72 Å². The molecule has 1 N–H and O–H groups in total. The van der Waals surface area contributed by atoms with Crippen molar-refractivity contribution in [3.63, 3.8) is 0 Å². The van der Waals surface area contributed by atoms with Gasteiger partial charge in [0.2, 0.25) is 0 Å². The highest BCUT2D eigenvalue weighted by molar-refractivity contribution is 7.92. The van der Waals surface area contributed by atoms with Gasteiger partial charge in [-0.1, -0.05) is 25.1 Å². The summed E-state index contributed by atoms with van der Waals surface area (Å²) in [7, 11) is -3.67. The minimum Gasteiger partial charge on any atom is -0.480 e. The van der Waals surface area contributed by atoms with Crippen LogP contribution in [0.15, 0.2) is 53.4 Å². The lowest BCUT2D eigenvalue weighted by molar-refractivity contribution is -0.138. The summed E-state index contributed by atoms with van der Waals surface area (Å²) in [4.78, 5) is 14.9. The number of hydrogen-bond acceptors (Lipinski definition) is 4. The Balaban J connectivity index is 1.61. The first-order valence-corrected chi connectivity index (χ1v) is 11.1. The fourth-order valence-electron chi connectivity index (χ4n) is 3.41. The van der Waals surface area contributed by atoms with Gasteiger partial charge in [-0.3, -0.25) is 9.52 Å². The number of carbonyl (C=O) groups excluding carboxylic acids is 1. The second-order valence-corrected chi connectivity index (χ2v) is 9.10. The molecule has 0 spiro atoms. The van der Waals surface area contributed by atoms with Gasteiger partial charge in [-0.15, -0.1) is 0 Å². The fraction of sp³-hybridized carbons (Fsp3) is 0.381. The summed E-state index contributed by atoms with van der Waals surface area (Å²) >= 11 is 0. The van der Waals surface area contributed by atoms with Crippen LogP contribution in [0.3, 0.4) is 0 Å². The molecule has 148 valence electrons. The molecule has 4 rings (SSSR count). The molecule has 1 aliphatic carbocycles. The van der Waals surface area contributed by atoms with Crippen molar-refractivity contribution in [2.45, 2.75) is 43.7 Å². The highest BCUT2D eigenvalue weighted by atomic mass is 32.2. The van der Waals surface area contributed by atoms with E-state index in [1.807, 2.05) is 11.8 Å². The summed E-state index contributed by atoms with van der Waals surface area (Å²) < 4.78 is 33.8. The van der Waals surface area contributed by atoms with Gasteiger partial charge >= 0.3 is 0 Å². The summed E-state index contributed by atoms with van der Waals surface area (Å²) in [5.74, 6) is 1.22. The first-order valence-electron chi connectivity index (χ1n) is 9.62. The van der Waals surface area contributed by atoms with Crippen LogP contribution >= 0.6 is 0 Å². The van der Waals surface area contributed by atoms with E-state index in [1.54, 1.807) is 48.5 Å². The zero-order chi connectivity index (χ0) is 19.7. The van der Waals surface area contributed by atoms with Crippen molar-refractivity contribution < 1.29 is 17.9 Å². The van der Waals surface area contributed by atoms with E-state index in [9.17, 15) is 13.2 Å². The van der Waals surface area contributed by atoms with Crippen LogP contribution in [-0.2, 0) is 21.4 Å². The Kier molecular flexibility index (Phi) is 5.02. The SMILES string of the molecule is CCC1Oc2ccc(NS(=O)(=O)c3ccccc3)cc2CN(CC2CC2)C1=O. The van der Waals surface area contributed by atoms with Crippen molar-refractivity contribution >= 4 is 21.6 Å². The van der Waals surface area contributed by atoms with E-state index < -0.39 is 16.1 Å². The van der Waals surface area contributed by atoms with Crippen LogP contribution in [0.1, 0.15) is 31.7 Å². The van der Waals surface area contributed by atoms with E-state index in [0.29, 0.717) is 30.3 Å². The van der Waals surface area contributed by atoms with Gasteiger partial charge in [0.15, 0.2) is 6.10 Å². The Bertz CT molecular complexity index is 971. The third-order valence-electron chi connectivity index (χ3n) is 5.13. The molecule has 1 unspecified atom stereocenters. The van der Waals surface area contributed by atoms with Gasteiger partial charge in [0.25, 0.3) is 15.9 Å². The van der Waals surface area contributed by atoms with E-state index in [-0.39, 0.29) is 10.8 Å². The summed E-state index contributed by atoms with van der Waals surface area (Å²) in [5, 5.41) is 0. The topological polar surface area (TPSA) is 75.7 Å². The number of nitrogens with zero attached hydrogens (tertiary/aromatic N) is 1. The van der Waals surface area contributed by atoms with Crippen LogP contribution in [0.25, 0.3) is 0 Å². The lowest BCUT2D eigenvalue weighted by atomic mass is 10.1. The number of anilines is 1. The maximum atomic E-state index is 12.8. The minimum absolute atomic E-state index is 0.0111. The highest BCUT2D eigenvalue weighted by Gasteiger charge is 2.34. The molecule has 1 saturated carbocycles. The monoisotopic (exact) mass is 400 g/mol. The van der Waals surface area contributed by atoms with Crippen molar-refractivity contribution in [3.8, 4) is 5.75 Å². The van der Waals surface area contributed by atoms with Crippen LogP contribution in [0, 0.1) is 5.92 Å². The van der Waals surface area contributed by atoms with E-state index in [0.717, 1.165) is 24.9 Å². The van der Waals surface area contributed by atoms with Crippen LogP contribution in [-0.4, -0.2) is 31.9 Å². The third-order valence-corrected chi connectivity index (χ3v) is 6.53. The number of sulfonamides is 1. The molecule has 1 heterocycles. The summed E-state index contributed by atoms with van der Waals surface area (Å²) in [6.07, 6.45) is 2.42. The molecule has 0 radical (unpaired) electrons. The van der Waals surface area contributed by atoms with Gasteiger partial charge in [0.1, 0.15) is 5.75 Å². The number of nitrogens with one attached hydrogen (secondary N) is 1. The average Bonchev–Trinajstić information content (AvgIpc) is 3.51. The predicted octanol–water partition coefficient (Wildman–Crippen LogP) is 3.40. The lowest BCUT2D eigenvalue weighted by Crippen LogP contribution is -2.40. The number of ether oxygens (including phenoxy) is 1. The molecule has 1 aliphatic heterocycles. The van der Waals surface area contributed by atoms with Crippen LogP contribution in [0.2, 0.25) is 0 Å². The molecule has 1 amide bonds. The van der Waals surface area contributed by atoms with Gasteiger partial charge in [-0.2, -0.15) is 0 Å². The minimum atomic E-state index is -3.67. The zero-order valence-electron chi connectivity index (χ0n) is 15.8. The first kappa shape index (κ1) is 18.8. The van der Waals surface area contributed by atoms with E-state index >= 15 is 0 Å². The summed E-state index contributed by atoms with van der Waals surface area (Å²) in [6.45, 7) is 3.10. The van der Waals surface area contributed by atoms with Gasteiger partial charge in [-0.05, 0) is 55.5 Å². The Hall–Kier alpha value is -2.54. The number of amides is 1. The fourth-order valence-corrected chi connectivity index (χ4v) is 4.48. The van der Waals surface area contributed by atoms with E-state index in [1.165, 1.54) is 0 Å². The molecular formula is C21H24N2O4S. The van der Waals surface area contributed by atoms with E-state index in [4.69, 9.17) is 4.74 Å². The number of hydrogen-bond donors (Lipinski definition) is 1. The van der Waals surface area contributed by atoms with Gasteiger partial charge in [-0.25, -0.2) is 8.42 Å². The largest absolute Gasteiger partial charge is 0.480 e. The van der Waals surface area contributed by atoms with Crippen LogP contribution < -0.4 is 9.46 Å². The van der Waals surface area contributed by atoms with Crippen LogP contribution in [0.4, 0.5) is 5.69 Å². The number of fused-ring (bicyclic) bond motifs is 1. The molecule has 28 heavy (non-hydrogen) atoms. The predicted molar refractivity (Wildman–Crippen MR) is 107 cm³/mol. The Morgan fingerprint density at radius 2 is 1.89 bits per heavy atom. The van der Waals surface area contributed by atoms with Gasteiger partial charge in [0.05, 0.1) is 4.90 Å². The van der Waals surface area contributed by atoms with Crippen molar-refractivity contribution in [3.05, 3.63) is 54.1 Å². The van der Waals surface area contributed by atoms with Gasteiger partial charge in [0, 0.05) is 24.3 Å². The van der Waals surface area contributed by atoms with Crippen molar-refractivity contribution in [2.75, 3.05) is 11.3 Å². The summed E-state index contributed by atoms with van der Waals surface area (Å²) in [6, 6.07) is 13.4. The van der Waals surface area contributed by atoms with Crippen molar-refractivity contribution in [2.24, 2.45) is 5.92 Å². The molecule has 0 bridgehead atoms. The Labute approximate surface area is 165 Å². The third kappa shape index (κ3) is 3.99. The first-order chi connectivity index (χ1) is 13.5. The molecule has 1 atom stereocenters. The number of rotatable bonds is 6. The summed E-state index contributed by atoms with van der Waals surface area (Å²) in [5.41, 5.74) is 1.28. The molecule has 1 fully saturated rings. The second-order valence-electron chi connectivity index (χ2n) is 7.42. The molecule has 7 heteroatoms. The molecule has 0 saturated heterocycles. The average molecular weight is 401 g/mol.